The molecular formula is C21H25F3N6O4. The fourth-order valence-corrected chi connectivity index (χ4v) is 4.19. The van der Waals surface area contributed by atoms with Gasteiger partial charge in [-0.3, -0.25) is 19.3 Å². The summed E-state index contributed by atoms with van der Waals surface area (Å²) in [4.78, 5) is 47.0. The number of pyridine rings is 1. The lowest BCUT2D eigenvalue weighted by molar-refractivity contribution is -0.192. The lowest BCUT2D eigenvalue weighted by atomic mass is 9.78. The Morgan fingerprint density at radius 1 is 1.21 bits per heavy atom. The van der Waals surface area contributed by atoms with Gasteiger partial charge in [-0.25, -0.2) is 9.78 Å². The maximum Gasteiger partial charge on any atom is 0.490 e. The summed E-state index contributed by atoms with van der Waals surface area (Å²) in [6.45, 7) is 4.27. The van der Waals surface area contributed by atoms with E-state index in [1.807, 2.05) is 30.0 Å². The third kappa shape index (κ3) is 5.69. The zero-order valence-corrected chi connectivity index (χ0v) is 18.7. The summed E-state index contributed by atoms with van der Waals surface area (Å²) in [7, 11) is 1.74. The highest BCUT2D eigenvalue weighted by Crippen LogP contribution is 2.40. The molecule has 2 aromatic heterocycles. The van der Waals surface area contributed by atoms with E-state index >= 15 is 0 Å². The minimum Gasteiger partial charge on any atom is -0.475 e. The molecule has 4 rings (SSSR count). The molecule has 0 saturated carbocycles. The Kier molecular flexibility index (Phi) is 7.22. The van der Waals surface area contributed by atoms with Crippen LogP contribution in [0.5, 0.6) is 0 Å². The predicted octanol–water partition coefficient (Wildman–Crippen LogP) is 1.81. The van der Waals surface area contributed by atoms with E-state index in [2.05, 4.69) is 15.1 Å². The molecule has 13 heteroatoms. The van der Waals surface area contributed by atoms with E-state index in [-0.39, 0.29) is 17.6 Å². The minimum atomic E-state index is -5.08. The summed E-state index contributed by atoms with van der Waals surface area (Å²) in [5.41, 5.74) is 1.37. The maximum atomic E-state index is 13.2. The first kappa shape index (κ1) is 25.1. The number of halogens is 3. The van der Waals surface area contributed by atoms with Gasteiger partial charge in [0.1, 0.15) is 6.33 Å². The molecule has 0 aliphatic carbocycles. The lowest BCUT2D eigenvalue weighted by Gasteiger charge is -2.38. The van der Waals surface area contributed by atoms with E-state index < -0.39 is 17.6 Å². The number of carbonyl (C=O) groups excluding carboxylic acids is 2. The van der Waals surface area contributed by atoms with Crippen LogP contribution in [0.2, 0.25) is 0 Å². The second-order valence-corrected chi connectivity index (χ2v) is 8.40. The van der Waals surface area contributed by atoms with Crippen molar-refractivity contribution in [1.82, 2.24) is 29.5 Å². The Balaban J connectivity index is 0.000000406. The van der Waals surface area contributed by atoms with Gasteiger partial charge in [-0.2, -0.15) is 13.2 Å². The molecule has 0 radical (unpaired) electrons. The van der Waals surface area contributed by atoms with Crippen molar-refractivity contribution >= 4 is 17.8 Å². The SMILES string of the molecule is Cc1cccc(CN2CCC3(CCCN(C(=O)c4ncn(C)n4)C3)C2=O)n1.O=C(O)C(F)(F)F. The fourth-order valence-electron chi connectivity index (χ4n) is 4.19. The summed E-state index contributed by atoms with van der Waals surface area (Å²) in [6.07, 6.45) is -1.15. The van der Waals surface area contributed by atoms with Crippen LogP contribution < -0.4 is 0 Å². The van der Waals surface area contributed by atoms with Crippen molar-refractivity contribution in [3.63, 3.8) is 0 Å². The summed E-state index contributed by atoms with van der Waals surface area (Å²) in [5.74, 6) is -2.62. The molecule has 34 heavy (non-hydrogen) atoms. The maximum absolute atomic E-state index is 13.2. The standard InChI is InChI=1S/C19H24N6O2.C2HF3O2/c1-14-5-3-6-15(21-14)11-24-10-8-19(18(24)27)7-4-9-25(12-19)17(26)16-20-13-23(2)22-16;3-2(4,5)1(6)7/h3,5-6,13H,4,7-12H2,1-2H3;(H,6,7). The molecule has 1 atom stereocenters. The Labute approximate surface area is 193 Å². The topological polar surface area (TPSA) is 122 Å². The molecule has 2 fully saturated rings. The van der Waals surface area contributed by atoms with E-state index in [1.54, 1.807) is 11.9 Å². The first-order valence-corrected chi connectivity index (χ1v) is 10.6. The Hall–Kier alpha value is -3.51. The number of alkyl halides is 3. The van der Waals surface area contributed by atoms with Crippen LogP contribution in [0, 0.1) is 12.3 Å². The van der Waals surface area contributed by atoms with Gasteiger partial charge < -0.3 is 14.9 Å². The first-order chi connectivity index (χ1) is 15.9. The van der Waals surface area contributed by atoms with Gasteiger partial charge in [0.05, 0.1) is 17.7 Å². The normalized spacial score (nSPS) is 20.3. The number of carboxylic acids is 1. The van der Waals surface area contributed by atoms with E-state index in [0.717, 1.165) is 30.7 Å². The summed E-state index contributed by atoms with van der Waals surface area (Å²) < 4.78 is 33.3. The third-order valence-corrected chi connectivity index (χ3v) is 5.80. The third-order valence-electron chi connectivity index (χ3n) is 5.80. The number of nitrogens with zero attached hydrogens (tertiary/aromatic N) is 6. The van der Waals surface area contributed by atoms with Gasteiger partial charge in [0.15, 0.2) is 0 Å². The number of aromatic nitrogens is 4. The van der Waals surface area contributed by atoms with Crippen LogP contribution in [-0.4, -0.2) is 78.2 Å². The number of carboxylic acid groups (broad SMARTS) is 1. The van der Waals surface area contributed by atoms with Crippen LogP contribution in [0.25, 0.3) is 0 Å². The average molecular weight is 482 g/mol. The number of likely N-dealkylation sites (tertiary alicyclic amines) is 2. The van der Waals surface area contributed by atoms with E-state index in [4.69, 9.17) is 9.90 Å². The molecule has 0 bridgehead atoms. The second kappa shape index (κ2) is 9.77. The van der Waals surface area contributed by atoms with Gasteiger partial charge in [0, 0.05) is 32.4 Å². The largest absolute Gasteiger partial charge is 0.490 e. The smallest absolute Gasteiger partial charge is 0.475 e. The zero-order valence-electron chi connectivity index (χ0n) is 18.7. The zero-order chi connectivity index (χ0) is 25.1. The van der Waals surface area contributed by atoms with Crippen LogP contribution >= 0.6 is 0 Å². The van der Waals surface area contributed by atoms with Crippen molar-refractivity contribution < 1.29 is 32.7 Å². The molecular weight excluding hydrogens is 457 g/mol. The first-order valence-electron chi connectivity index (χ1n) is 10.6. The fraction of sp³-hybridized carbons (Fsp3) is 0.524. The van der Waals surface area contributed by atoms with Crippen molar-refractivity contribution in [2.75, 3.05) is 19.6 Å². The van der Waals surface area contributed by atoms with Crippen molar-refractivity contribution in [2.24, 2.45) is 12.5 Å². The van der Waals surface area contributed by atoms with Crippen molar-refractivity contribution in [2.45, 2.75) is 38.9 Å². The molecule has 2 aromatic rings. The number of rotatable bonds is 3. The molecule has 2 saturated heterocycles. The van der Waals surface area contributed by atoms with Crippen LogP contribution in [-0.2, 0) is 23.2 Å². The number of aryl methyl sites for hydroxylation is 2. The summed E-state index contributed by atoms with van der Waals surface area (Å²) >= 11 is 0. The monoisotopic (exact) mass is 482 g/mol. The quantitative estimate of drug-likeness (QED) is 0.708. The number of carbonyl (C=O) groups is 3. The van der Waals surface area contributed by atoms with Gasteiger partial charge in [0.25, 0.3) is 5.91 Å². The van der Waals surface area contributed by atoms with Crippen molar-refractivity contribution in [1.29, 1.82) is 0 Å². The van der Waals surface area contributed by atoms with Crippen LogP contribution in [0.4, 0.5) is 13.2 Å². The van der Waals surface area contributed by atoms with E-state index in [0.29, 0.717) is 26.2 Å². The van der Waals surface area contributed by atoms with Crippen molar-refractivity contribution in [3.05, 3.63) is 41.7 Å². The number of aliphatic carboxylic acids is 1. The highest BCUT2D eigenvalue weighted by molar-refractivity contribution is 5.92. The number of hydrogen-bond acceptors (Lipinski definition) is 6. The highest BCUT2D eigenvalue weighted by atomic mass is 19.4. The molecule has 2 amide bonds. The van der Waals surface area contributed by atoms with Gasteiger partial charge >= 0.3 is 12.1 Å². The molecule has 1 unspecified atom stereocenters. The second-order valence-electron chi connectivity index (χ2n) is 8.40. The minimum absolute atomic E-state index is 0.136. The predicted molar refractivity (Wildman–Crippen MR) is 111 cm³/mol. The van der Waals surface area contributed by atoms with Crippen LogP contribution in [0.3, 0.4) is 0 Å². The van der Waals surface area contributed by atoms with Crippen molar-refractivity contribution in [3.8, 4) is 0 Å². The van der Waals surface area contributed by atoms with Gasteiger partial charge in [0.2, 0.25) is 11.7 Å². The number of hydrogen-bond donors (Lipinski definition) is 1. The molecule has 10 nitrogen and oxygen atoms in total. The van der Waals surface area contributed by atoms with Crippen LogP contribution in [0.1, 0.15) is 41.3 Å². The number of piperidine rings is 1. The molecule has 2 aliphatic rings. The van der Waals surface area contributed by atoms with Crippen LogP contribution in [0.15, 0.2) is 24.5 Å². The summed E-state index contributed by atoms with van der Waals surface area (Å²) in [6, 6.07) is 5.87. The lowest BCUT2D eigenvalue weighted by Crippen LogP contribution is -2.50. The molecule has 4 heterocycles. The van der Waals surface area contributed by atoms with E-state index in [1.165, 1.54) is 11.0 Å². The molecule has 2 aliphatic heterocycles. The van der Waals surface area contributed by atoms with Gasteiger partial charge in [-0.15, -0.1) is 5.10 Å². The Morgan fingerprint density at radius 2 is 1.91 bits per heavy atom. The molecule has 184 valence electrons. The van der Waals surface area contributed by atoms with Gasteiger partial charge in [-0.1, -0.05) is 6.07 Å². The highest BCUT2D eigenvalue weighted by Gasteiger charge is 2.49. The average Bonchev–Trinajstić information content (AvgIpc) is 3.32. The molecule has 1 N–H and O–H groups in total. The number of amides is 2. The van der Waals surface area contributed by atoms with E-state index in [9.17, 15) is 22.8 Å². The summed E-state index contributed by atoms with van der Waals surface area (Å²) in [5, 5.41) is 11.2. The molecule has 1 spiro atoms. The van der Waals surface area contributed by atoms with Gasteiger partial charge in [-0.05, 0) is 38.3 Å². The Morgan fingerprint density at radius 3 is 2.50 bits per heavy atom. The molecule has 0 aromatic carbocycles. The Bertz CT molecular complexity index is 1070.